The molecule has 0 atom stereocenters. The molecule has 6 nitrogen and oxygen atoms in total. The molecule has 0 aliphatic carbocycles. The molecule has 0 saturated carbocycles. The van der Waals surface area contributed by atoms with Crippen LogP contribution >= 0.6 is 0 Å². The van der Waals surface area contributed by atoms with Gasteiger partial charge in [-0.05, 0) is 50.3 Å². The third kappa shape index (κ3) is 2.70. The third-order valence-corrected chi connectivity index (χ3v) is 4.48. The molecule has 0 unspecified atom stereocenters. The number of hydrogen-bond donors (Lipinski definition) is 2. The van der Waals surface area contributed by atoms with Gasteiger partial charge in [-0.15, -0.1) is 0 Å². The molecule has 2 aromatic carbocycles. The Labute approximate surface area is 154 Å². The average Bonchev–Trinajstić information content (AvgIpc) is 2.61. The van der Waals surface area contributed by atoms with Crippen LogP contribution in [0.3, 0.4) is 0 Å². The van der Waals surface area contributed by atoms with E-state index in [1.807, 2.05) is 19.9 Å². The average molecular weight is 366 g/mol. The van der Waals surface area contributed by atoms with Crippen molar-refractivity contribution in [2.24, 2.45) is 0 Å². The Balaban J connectivity index is 2.04. The fraction of sp³-hybridized carbons (Fsp3) is 0.190. The molecule has 0 spiro atoms. The topological polar surface area (TPSA) is 89.1 Å². The summed E-state index contributed by atoms with van der Waals surface area (Å²) in [5.74, 6) is 0.496. The molecule has 0 amide bonds. The number of hydrogen-bond acceptors (Lipinski definition) is 6. The van der Waals surface area contributed by atoms with Crippen molar-refractivity contribution in [1.29, 1.82) is 0 Å². The minimum Gasteiger partial charge on any atom is -0.508 e. The van der Waals surface area contributed by atoms with Gasteiger partial charge in [0.1, 0.15) is 33.8 Å². The van der Waals surface area contributed by atoms with Crippen LogP contribution in [-0.4, -0.2) is 22.9 Å². The number of benzene rings is 2. The number of aromatic hydroxyl groups is 2. The molecular weight excluding hydrogens is 348 g/mol. The molecule has 1 aliphatic rings. The van der Waals surface area contributed by atoms with Crippen molar-refractivity contribution in [1.82, 2.24) is 0 Å². The van der Waals surface area contributed by atoms with Gasteiger partial charge in [0, 0.05) is 11.6 Å². The van der Waals surface area contributed by atoms with E-state index < -0.39 is 11.0 Å². The van der Waals surface area contributed by atoms with Crippen LogP contribution < -0.4 is 14.9 Å². The van der Waals surface area contributed by atoms with E-state index >= 15 is 0 Å². The number of fused-ring (bicyclic) bond motifs is 2. The van der Waals surface area contributed by atoms with Gasteiger partial charge in [0.05, 0.1) is 12.7 Å². The molecule has 2 heterocycles. The van der Waals surface area contributed by atoms with E-state index in [0.717, 1.165) is 0 Å². The van der Waals surface area contributed by atoms with Gasteiger partial charge < -0.3 is 24.1 Å². The summed E-state index contributed by atoms with van der Waals surface area (Å²) in [5, 5.41) is 20.2. The highest BCUT2D eigenvalue weighted by molar-refractivity contribution is 5.93. The van der Waals surface area contributed by atoms with Gasteiger partial charge in [-0.25, -0.2) is 0 Å². The molecule has 6 heteroatoms. The lowest BCUT2D eigenvalue weighted by atomic mass is 9.99. The summed E-state index contributed by atoms with van der Waals surface area (Å²) in [6, 6.07) is 7.80. The maximum Gasteiger partial charge on any atom is 0.239 e. The normalized spacial score (nSPS) is 14.6. The minimum atomic E-state index is -0.542. The quantitative estimate of drug-likeness (QED) is 0.711. The van der Waals surface area contributed by atoms with Crippen LogP contribution in [0.25, 0.3) is 28.4 Å². The number of phenolic OH excluding ortho intramolecular Hbond substituents is 2. The van der Waals surface area contributed by atoms with E-state index in [9.17, 15) is 15.0 Å². The summed E-state index contributed by atoms with van der Waals surface area (Å²) >= 11 is 0. The fourth-order valence-corrected chi connectivity index (χ4v) is 3.15. The van der Waals surface area contributed by atoms with Crippen molar-refractivity contribution in [3.63, 3.8) is 0 Å². The maximum absolute atomic E-state index is 13.0. The fourth-order valence-electron chi connectivity index (χ4n) is 3.15. The first-order chi connectivity index (χ1) is 12.8. The lowest BCUT2D eigenvalue weighted by Gasteiger charge is -2.28. The second kappa shape index (κ2) is 5.81. The first-order valence-electron chi connectivity index (χ1n) is 8.39. The highest BCUT2D eigenvalue weighted by Gasteiger charge is 2.28. The molecule has 0 bridgehead atoms. The zero-order valence-corrected chi connectivity index (χ0v) is 15.1. The smallest absolute Gasteiger partial charge is 0.239 e. The number of methoxy groups -OCH3 is 1. The third-order valence-electron chi connectivity index (χ3n) is 4.48. The highest BCUT2D eigenvalue weighted by atomic mass is 16.5. The van der Waals surface area contributed by atoms with Gasteiger partial charge in [0.2, 0.25) is 11.2 Å². The molecule has 0 saturated heterocycles. The molecule has 1 aliphatic heterocycles. The lowest BCUT2D eigenvalue weighted by molar-refractivity contribution is 0.158. The monoisotopic (exact) mass is 366 g/mol. The van der Waals surface area contributed by atoms with Crippen molar-refractivity contribution in [3.05, 3.63) is 52.2 Å². The van der Waals surface area contributed by atoms with Crippen molar-refractivity contribution in [3.8, 4) is 34.3 Å². The zero-order valence-electron chi connectivity index (χ0n) is 15.1. The standard InChI is InChI=1S/C21H18O6/c1-21(2)9-8-13-14(27-21)10-15-16(17(13)23)18(24)20(25-3)19(26-15)11-4-6-12(22)7-5-11/h4-10,22-23H,1-3H3. The van der Waals surface area contributed by atoms with E-state index in [1.54, 1.807) is 24.3 Å². The van der Waals surface area contributed by atoms with Crippen LogP contribution in [0.1, 0.15) is 19.4 Å². The molecular formula is C21H18O6. The molecule has 0 fully saturated rings. The molecule has 27 heavy (non-hydrogen) atoms. The van der Waals surface area contributed by atoms with Gasteiger partial charge in [0.15, 0.2) is 5.76 Å². The van der Waals surface area contributed by atoms with Crippen molar-refractivity contribution in [2.75, 3.05) is 7.11 Å². The Morgan fingerprint density at radius 2 is 1.81 bits per heavy atom. The Morgan fingerprint density at radius 1 is 1.11 bits per heavy atom. The maximum atomic E-state index is 13.0. The molecule has 138 valence electrons. The summed E-state index contributed by atoms with van der Waals surface area (Å²) in [4.78, 5) is 13.0. The Kier molecular flexibility index (Phi) is 3.66. The highest BCUT2D eigenvalue weighted by Crippen LogP contribution is 2.42. The van der Waals surface area contributed by atoms with E-state index in [-0.39, 0.29) is 34.0 Å². The van der Waals surface area contributed by atoms with Gasteiger partial charge >= 0.3 is 0 Å². The van der Waals surface area contributed by atoms with Gasteiger partial charge in [-0.1, -0.05) is 0 Å². The van der Waals surface area contributed by atoms with Gasteiger partial charge in [-0.2, -0.15) is 0 Å². The molecule has 3 aromatic rings. The molecule has 2 N–H and O–H groups in total. The van der Waals surface area contributed by atoms with E-state index in [2.05, 4.69) is 0 Å². The first kappa shape index (κ1) is 17.0. The molecule has 4 rings (SSSR count). The molecule has 0 radical (unpaired) electrons. The van der Waals surface area contributed by atoms with Crippen molar-refractivity contribution >= 4 is 17.0 Å². The largest absolute Gasteiger partial charge is 0.508 e. The predicted molar refractivity (Wildman–Crippen MR) is 102 cm³/mol. The van der Waals surface area contributed by atoms with Crippen LogP contribution in [0.2, 0.25) is 0 Å². The van der Waals surface area contributed by atoms with Crippen molar-refractivity contribution in [2.45, 2.75) is 19.4 Å². The Morgan fingerprint density at radius 3 is 2.48 bits per heavy atom. The lowest BCUT2D eigenvalue weighted by Crippen LogP contribution is -2.27. The van der Waals surface area contributed by atoms with E-state index in [1.165, 1.54) is 19.2 Å². The van der Waals surface area contributed by atoms with Crippen LogP contribution in [0, 0.1) is 0 Å². The number of phenols is 2. The zero-order chi connectivity index (χ0) is 19.3. The summed E-state index contributed by atoms with van der Waals surface area (Å²) in [6.45, 7) is 3.78. The first-order valence-corrected chi connectivity index (χ1v) is 8.39. The van der Waals surface area contributed by atoms with Crippen LogP contribution in [-0.2, 0) is 0 Å². The molecule has 1 aromatic heterocycles. The van der Waals surface area contributed by atoms with Crippen molar-refractivity contribution < 1.29 is 24.1 Å². The van der Waals surface area contributed by atoms with Crippen LogP contribution in [0.15, 0.2) is 45.6 Å². The number of rotatable bonds is 2. The van der Waals surface area contributed by atoms with E-state index in [0.29, 0.717) is 16.9 Å². The second-order valence-corrected chi connectivity index (χ2v) is 6.89. The second-order valence-electron chi connectivity index (χ2n) is 6.89. The minimum absolute atomic E-state index is 0.0236. The van der Waals surface area contributed by atoms with Crippen LogP contribution in [0.4, 0.5) is 0 Å². The summed E-state index contributed by atoms with van der Waals surface area (Å²) in [6.07, 6.45) is 3.54. The summed E-state index contributed by atoms with van der Waals surface area (Å²) < 4.78 is 17.1. The van der Waals surface area contributed by atoms with Crippen LogP contribution in [0.5, 0.6) is 23.0 Å². The van der Waals surface area contributed by atoms with Gasteiger partial charge in [-0.3, -0.25) is 4.79 Å². The Hall–Kier alpha value is -3.41. The SMILES string of the molecule is COc1c(-c2ccc(O)cc2)oc2cc3c(c(O)c2c1=O)C=CC(C)(C)O3. The number of ether oxygens (including phenoxy) is 2. The predicted octanol–water partition coefficient (Wildman–Crippen LogP) is 4.06. The Bertz CT molecular complexity index is 1140. The summed E-state index contributed by atoms with van der Waals surface area (Å²) in [5.41, 5.74) is 0.141. The van der Waals surface area contributed by atoms with E-state index in [4.69, 9.17) is 13.9 Å². The summed E-state index contributed by atoms with van der Waals surface area (Å²) in [7, 11) is 1.36. The van der Waals surface area contributed by atoms with Gasteiger partial charge in [0.25, 0.3) is 0 Å².